The number of nitrogens with one attached hydrogen (secondary N) is 2. The molecule has 108 valence electrons. The Morgan fingerprint density at radius 1 is 1.47 bits per heavy atom. The molecule has 0 bridgehead atoms. The highest BCUT2D eigenvalue weighted by Crippen LogP contribution is 2.14. The van der Waals surface area contributed by atoms with Crippen molar-refractivity contribution in [1.82, 2.24) is 25.6 Å². The molecule has 2 heterocycles. The van der Waals surface area contributed by atoms with Crippen molar-refractivity contribution in [3.8, 4) is 0 Å². The van der Waals surface area contributed by atoms with Gasteiger partial charge in [0.25, 0.3) is 0 Å². The lowest BCUT2D eigenvalue weighted by Gasteiger charge is -2.33. The van der Waals surface area contributed by atoms with Crippen molar-refractivity contribution in [2.45, 2.75) is 37.8 Å². The summed E-state index contributed by atoms with van der Waals surface area (Å²) in [6.45, 7) is 9.37. The fourth-order valence-corrected chi connectivity index (χ4v) is 3.18. The molecule has 19 heavy (non-hydrogen) atoms. The Labute approximate surface area is 119 Å². The Hall–Kier alpha value is -0.590. The number of hydrogen-bond acceptors (Lipinski definition) is 5. The monoisotopic (exact) mass is 283 g/mol. The minimum atomic E-state index is 0.696. The number of piperidine rings is 1. The largest absolute Gasteiger partial charge is 0.313 e. The Morgan fingerprint density at radius 2 is 2.26 bits per heavy atom. The first-order chi connectivity index (χ1) is 9.24. The molecule has 0 amide bonds. The highest BCUT2D eigenvalue weighted by Gasteiger charge is 2.18. The average molecular weight is 283 g/mol. The van der Waals surface area contributed by atoms with Crippen LogP contribution in [0, 0.1) is 5.92 Å². The molecule has 0 unspecified atom stereocenters. The topological polar surface area (TPSA) is 56.8 Å². The first-order valence-corrected chi connectivity index (χ1v) is 8.17. The SMILES string of the molecule is CC(C)CN1CCC(NCCSc2cn[nH]n2)CC1. The molecule has 0 aromatic carbocycles. The maximum atomic E-state index is 4.03. The summed E-state index contributed by atoms with van der Waals surface area (Å²) < 4.78 is 0. The summed E-state index contributed by atoms with van der Waals surface area (Å²) in [6, 6.07) is 0.696. The molecule has 2 N–H and O–H groups in total. The van der Waals surface area contributed by atoms with Crippen molar-refractivity contribution in [3.63, 3.8) is 0 Å². The van der Waals surface area contributed by atoms with E-state index in [1.54, 1.807) is 18.0 Å². The van der Waals surface area contributed by atoms with Crippen molar-refractivity contribution < 1.29 is 0 Å². The fraction of sp³-hybridized carbons (Fsp3) is 0.846. The normalized spacial score (nSPS) is 18.3. The summed E-state index contributed by atoms with van der Waals surface area (Å²) in [5.74, 6) is 1.84. The molecule has 6 heteroatoms. The number of aromatic amines is 1. The van der Waals surface area contributed by atoms with E-state index in [0.29, 0.717) is 6.04 Å². The van der Waals surface area contributed by atoms with Gasteiger partial charge in [0.15, 0.2) is 0 Å². The van der Waals surface area contributed by atoms with Crippen LogP contribution in [0.5, 0.6) is 0 Å². The minimum Gasteiger partial charge on any atom is -0.313 e. The maximum absolute atomic E-state index is 4.03. The Balaban J connectivity index is 1.53. The third kappa shape index (κ3) is 5.50. The van der Waals surface area contributed by atoms with Crippen LogP contribution in [-0.4, -0.2) is 58.3 Å². The zero-order valence-electron chi connectivity index (χ0n) is 11.9. The van der Waals surface area contributed by atoms with Crippen LogP contribution in [0.3, 0.4) is 0 Å². The van der Waals surface area contributed by atoms with Gasteiger partial charge in [0.1, 0.15) is 5.03 Å². The second-order valence-corrected chi connectivity index (χ2v) is 6.69. The highest BCUT2D eigenvalue weighted by atomic mass is 32.2. The second kappa shape index (κ2) is 7.87. The summed E-state index contributed by atoms with van der Waals surface area (Å²) in [6.07, 6.45) is 4.33. The van der Waals surface area contributed by atoms with Gasteiger partial charge >= 0.3 is 0 Å². The molecule has 1 aliphatic heterocycles. The van der Waals surface area contributed by atoms with Gasteiger partial charge in [-0.25, -0.2) is 0 Å². The summed E-state index contributed by atoms with van der Waals surface area (Å²) in [5, 5.41) is 15.1. The number of H-pyrrole nitrogens is 1. The number of aromatic nitrogens is 3. The number of nitrogens with zero attached hydrogens (tertiary/aromatic N) is 3. The van der Waals surface area contributed by atoms with E-state index < -0.39 is 0 Å². The van der Waals surface area contributed by atoms with Crippen LogP contribution in [0.2, 0.25) is 0 Å². The zero-order chi connectivity index (χ0) is 13.5. The van der Waals surface area contributed by atoms with Gasteiger partial charge in [0, 0.05) is 24.9 Å². The van der Waals surface area contributed by atoms with E-state index in [2.05, 4.69) is 39.5 Å². The number of hydrogen-bond donors (Lipinski definition) is 2. The third-order valence-corrected chi connectivity index (χ3v) is 4.29. The molecule has 1 aromatic heterocycles. The highest BCUT2D eigenvalue weighted by molar-refractivity contribution is 7.99. The van der Waals surface area contributed by atoms with E-state index >= 15 is 0 Å². The quantitative estimate of drug-likeness (QED) is 0.588. The van der Waals surface area contributed by atoms with E-state index in [4.69, 9.17) is 0 Å². The predicted octanol–water partition coefficient (Wildman–Crippen LogP) is 1.61. The predicted molar refractivity (Wildman–Crippen MR) is 79.4 cm³/mol. The van der Waals surface area contributed by atoms with Gasteiger partial charge in [0.05, 0.1) is 6.20 Å². The third-order valence-electron chi connectivity index (χ3n) is 3.39. The van der Waals surface area contributed by atoms with E-state index in [0.717, 1.165) is 23.2 Å². The molecule has 1 aliphatic rings. The lowest BCUT2D eigenvalue weighted by Crippen LogP contribution is -2.44. The van der Waals surface area contributed by atoms with Gasteiger partial charge < -0.3 is 10.2 Å². The summed E-state index contributed by atoms with van der Waals surface area (Å²) in [5.41, 5.74) is 0. The Bertz CT molecular complexity index is 333. The van der Waals surface area contributed by atoms with Gasteiger partial charge in [-0.05, 0) is 31.8 Å². The fourth-order valence-electron chi connectivity index (χ4n) is 2.52. The standard InChI is InChI=1S/C13H25N5S/c1-11(2)10-18-6-3-12(4-7-18)14-5-8-19-13-9-15-17-16-13/h9,11-12,14H,3-8,10H2,1-2H3,(H,15,16,17). The zero-order valence-corrected chi connectivity index (χ0v) is 12.7. The van der Waals surface area contributed by atoms with E-state index in [1.165, 1.54) is 32.5 Å². The van der Waals surface area contributed by atoms with Gasteiger partial charge in [-0.2, -0.15) is 10.3 Å². The molecular weight excluding hydrogens is 258 g/mol. The van der Waals surface area contributed by atoms with Crippen LogP contribution in [-0.2, 0) is 0 Å². The molecule has 1 fully saturated rings. The molecule has 0 saturated carbocycles. The first kappa shape index (κ1) is 14.8. The number of thioether (sulfide) groups is 1. The van der Waals surface area contributed by atoms with Crippen molar-refractivity contribution in [2.75, 3.05) is 31.9 Å². The van der Waals surface area contributed by atoms with E-state index in [-0.39, 0.29) is 0 Å². The van der Waals surface area contributed by atoms with Crippen molar-refractivity contribution in [3.05, 3.63) is 6.20 Å². The molecule has 5 nitrogen and oxygen atoms in total. The van der Waals surface area contributed by atoms with Gasteiger partial charge in [-0.3, -0.25) is 0 Å². The number of likely N-dealkylation sites (tertiary alicyclic amines) is 1. The van der Waals surface area contributed by atoms with Crippen molar-refractivity contribution >= 4 is 11.8 Å². The Morgan fingerprint density at radius 3 is 2.89 bits per heavy atom. The minimum absolute atomic E-state index is 0.696. The molecule has 1 saturated heterocycles. The lowest BCUT2D eigenvalue weighted by molar-refractivity contribution is 0.181. The summed E-state index contributed by atoms with van der Waals surface area (Å²) >= 11 is 1.75. The molecule has 0 atom stereocenters. The first-order valence-electron chi connectivity index (χ1n) is 7.18. The number of rotatable bonds is 7. The molecule has 0 spiro atoms. The lowest BCUT2D eigenvalue weighted by atomic mass is 10.0. The van der Waals surface area contributed by atoms with Crippen LogP contribution in [0.1, 0.15) is 26.7 Å². The molecule has 0 aliphatic carbocycles. The second-order valence-electron chi connectivity index (χ2n) is 5.58. The van der Waals surface area contributed by atoms with E-state index in [1.807, 2.05) is 0 Å². The molecule has 1 aromatic rings. The van der Waals surface area contributed by atoms with E-state index in [9.17, 15) is 0 Å². The smallest absolute Gasteiger partial charge is 0.138 e. The van der Waals surface area contributed by atoms with Crippen LogP contribution < -0.4 is 5.32 Å². The summed E-state index contributed by atoms with van der Waals surface area (Å²) in [7, 11) is 0. The molecule has 0 radical (unpaired) electrons. The van der Waals surface area contributed by atoms with Gasteiger partial charge in [-0.1, -0.05) is 13.8 Å². The molecule has 2 rings (SSSR count). The van der Waals surface area contributed by atoms with Crippen LogP contribution in [0.15, 0.2) is 11.2 Å². The average Bonchev–Trinajstić information content (AvgIpc) is 2.89. The van der Waals surface area contributed by atoms with Crippen LogP contribution in [0.25, 0.3) is 0 Å². The Kier molecular flexibility index (Phi) is 6.13. The molecular formula is C13H25N5S. The van der Waals surface area contributed by atoms with Crippen molar-refractivity contribution in [2.24, 2.45) is 5.92 Å². The summed E-state index contributed by atoms with van der Waals surface area (Å²) in [4.78, 5) is 2.59. The van der Waals surface area contributed by atoms with Crippen LogP contribution in [0.4, 0.5) is 0 Å². The van der Waals surface area contributed by atoms with Gasteiger partial charge in [-0.15, -0.1) is 16.9 Å². The maximum Gasteiger partial charge on any atom is 0.138 e. The van der Waals surface area contributed by atoms with Crippen molar-refractivity contribution in [1.29, 1.82) is 0 Å². The van der Waals surface area contributed by atoms with Crippen LogP contribution >= 0.6 is 11.8 Å². The van der Waals surface area contributed by atoms with Gasteiger partial charge in [0.2, 0.25) is 0 Å².